The number of H-pyrrole nitrogens is 1. The van der Waals surface area contributed by atoms with Crippen LogP contribution in [-0.2, 0) is 11.2 Å². The number of carbonyl (C=O) groups is 1. The van der Waals surface area contributed by atoms with E-state index in [9.17, 15) is 15.0 Å². The van der Waals surface area contributed by atoms with Gasteiger partial charge in [0.25, 0.3) is 0 Å². The highest BCUT2D eigenvalue weighted by molar-refractivity contribution is 5.82. The van der Waals surface area contributed by atoms with E-state index in [2.05, 4.69) is 15.3 Å². The minimum absolute atomic E-state index is 0.0134. The van der Waals surface area contributed by atoms with Gasteiger partial charge in [0.15, 0.2) is 0 Å². The summed E-state index contributed by atoms with van der Waals surface area (Å²) in [6.45, 7) is 4.03. The molecule has 1 fully saturated rings. The topological polar surface area (TPSA) is 124 Å². The highest BCUT2D eigenvalue weighted by atomic mass is 16.3. The largest absolute Gasteiger partial charge is 0.390 e. The number of aromatic nitrogens is 2. The smallest absolute Gasteiger partial charge is 0.237 e. The number of nitrogens with two attached hydrogens (primary N) is 1. The van der Waals surface area contributed by atoms with E-state index in [1.54, 1.807) is 12.5 Å². The predicted molar refractivity (Wildman–Crippen MR) is 109 cm³/mol. The first-order valence-corrected chi connectivity index (χ1v) is 10.9. The molecule has 28 heavy (non-hydrogen) atoms. The van der Waals surface area contributed by atoms with Gasteiger partial charge in [-0.05, 0) is 18.3 Å². The van der Waals surface area contributed by atoms with E-state index in [1.165, 1.54) is 19.3 Å². The highest BCUT2D eigenvalue weighted by Gasteiger charge is 2.34. The van der Waals surface area contributed by atoms with Crippen molar-refractivity contribution in [2.45, 2.75) is 95.9 Å². The molecule has 1 aliphatic rings. The summed E-state index contributed by atoms with van der Waals surface area (Å²) in [5, 5.41) is 24.5. The zero-order valence-electron chi connectivity index (χ0n) is 17.3. The van der Waals surface area contributed by atoms with Crippen LogP contribution in [0.3, 0.4) is 0 Å². The van der Waals surface area contributed by atoms with Crippen molar-refractivity contribution in [3.05, 3.63) is 18.2 Å². The summed E-state index contributed by atoms with van der Waals surface area (Å²) >= 11 is 0. The SMILES string of the molecule is CCC(CC)C(O)[C@H](O)[C@H](CC1CCCCC1)NC(=O)[C@@H](N)Cc1cnc[nH]1. The van der Waals surface area contributed by atoms with Crippen LogP contribution in [0.25, 0.3) is 0 Å². The van der Waals surface area contributed by atoms with Gasteiger partial charge in [0, 0.05) is 18.3 Å². The van der Waals surface area contributed by atoms with Crippen LogP contribution in [0.15, 0.2) is 12.5 Å². The van der Waals surface area contributed by atoms with Crippen molar-refractivity contribution < 1.29 is 15.0 Å². The molecular weight excluding hydrogens is 356 g/mol. The van der Waals surface area contributed by atoms with Crippen molar-refractivity contribution in [1.82, 2.24) is 15.3 Å². The molecule has 0 aliphatic heterocycles. The Hall–Kier alpha value is -1.44. The molecule has 1 heterocycles. The van der Waals surface area contributed by atoms with Gasteiger partial charge >= 0.3 is 0 Å². The van der Waals surface area contributed by atoms with Gasteiger partial charge in [-0.15, -0.1) is 0 Å². The number of aliphatic hydroxyl groups excluding tert-OH is 2. The van der Waals surface area contributed by atoms with Gasteiger partial charge in [0.05, 0.1) is 24.5 Å². The first-order chi connectivity index (χ1) is 13.5. The Morgan fingerprint density at radius 3 is 2.50 bits per heavy atom. The van der Waals surface area contributed by atoms with E-state index in [-0.39, 0.29) is 11.8 Å². The summed E-state index contributed by atoms with van der Waals surface area (Å²) in [7, 11) is 0. The zero-order chi connectivity index (χ0) is 20.5. The fourth-order valence-corrected chi connectivity index (χ4v) is 4.37. The Morgan fingerprint density at radius 2 is 1.93 bits per heavy atom. The third-order valence-corrected chi connectivity index (χ3v) is 6.27. The lowest BCUT2D eigenvalue weighted by atomic mass is 9.81. The molecule has 1 amide bonds. The second-order valence-corrected chi connectivity index (χ2v) is 8.30. The van der Waals surface area contributed by atoms with E-state index in [0.717, 1.165) is 31.4 Å². The third kappa shape index (κ3) is 6.57. The standard InChI is InChI=1S/C21H38N4O3/c1-3-15(4-2)19(26)20(27)18(10-14-8-6-5-7-9-14)25-21(28)17(22)11-16-12-23-13-24-16/h12-15,17-20,26-27H,3-11,22H2,1-2H3,(H,23,24)(H,25,28)/t17-,18-,19?,20+/m0/s1. The maximum atomic E-state index is 12.7. The van der Waals surface area contributed by atoms with Crippen molar-refractivity contribution in [3.63, 3.8) is 0 Å². The number of aromatic amines is 1. The molecule has 7 heteroatoms. The molecule has 1 unspecified atom stereocenters. The summed E-state index contributed by atoms with van der Waals surface area (Å²) in [5.41, 5.74) is 6.87. The van der Waals surface area contributed by atoms with Crippen LogP contribution in [0.4, 0.5) is 0 Å². The lowest BCUT2D eigenvalue weighted by Gasteiger charge is -2.35. The quantitative estimate of drug-likeness (QED) is 0.392. The summed E-state index contributed by atoms with van der Waals surface area (Å²) in [4.78, 5) is 19.6. The van der Waals surface area contributed by atoms with Crippen molar-refractivity contribution in [2.24, 2.45) is 17.6 Å². The molecule has 160 valence electrons. The maximum Gasteiger partial charge on any atom is 0.237 e. The molecule has 0 spiro atoms. The van der Waals surface area contributed by atoms with E-state index in [4.69, 9.17) is 5.73 Å². The molecule has 0 radical (unpaired) electrons. The average molecular weight is 395 g/mol. The van der Waals surface area contributed by atoms with Crippen LogP contribution < -0.4 is 11.1 Å². The fraction of sp³-hybridized carbons (Fsp3) is 0.810. The number of hydrogen-bond donors (Lipinski definition) is 5. The summed E-state index contributed by atoms with van der Waals surface area (Å²) in [6, 6.07) is -1.22. The van der Waals surface area contributed by atoms with Crippen molar-refractivity contribution in [3.8, 4) is 0 Å². The molecule has 1 aliphatic carbocycles. The van der Waals surface area contributed by atoms with E-state index in [0.29, 0.717) is 18.8 Å². The lowest BCUT2D eigenvalue weighted by molar-refractivity contribution is -0.125. The van der Waals surface area contributed by atoms with Crippen LogP contribution in [0.2, 0.25) is 0 Å². The highest BCUT2D eigenvalue weighted by Crippen LogP contribution is 2.29. The number of imidazole rings is 1. The Labute approximate surface area is 168 Å². The molecule has 1 aromatic heterocycles. The first kappa shape index (κ1) is 22.8. The predicted octanol–water partition coefficient (Wildman–Crippen LogP) is 1.89. The fourth-order valence-electron chi connectivity index (χ4n) is 4.37. The van der Waals surface area contributed by atoms with Crippen molar-refractivity contribution in [2.75, 3.05) is 0 Å². The average Bonchev–Trinajstić information content (AvgIpc) is 3.21. The number of carbonyl (C=O) groups excluding carboxylic acids is 1. The van der Waals surface area contributed by atoms with E-state index in [1.807, 2.05) is 13.8 Å². The van der Waals surface area contributed by atoms with Crippen LogP contribution in [-0.4, -0.2) is 50.4 Å². The van der Waals surface area contributed by atoms with Gasteiger partial charge in [-0.2, -0.15) is 0 Å². The van der Waals surface area contributed by atoms with Gasteiger partial charge in [-0.25, -0.2) is 4.98 Å². The van der Waals surface area contributed by atoms with Gasteiger partial charge < -0.3 is 26.2 Å². The van der Waals surface area contributed by atoms with Crippen LogP contribution >= 0.6 is 0 Å². The van der Waals surface area contributed by atoms with Crippen molar-refractivity contribution in [1.29, 1.82) is 0 Å². The summed E-state index contributed by atoms with van der Waals surface area (Å²) < 4.78 is 0. The number of aliphatic hydroxyl groups is 2. The number of amides is 1. The van der Waals surface area contributed by atoms with Crippen LogP contribution in [0.5, 0.6) is 0 Å². The molecule has 6 N–H and O–H groups in total. The van der Waals surface area contributed by atoms with E-state index < -0.39 is 24.3 Å². The Bertz CT molecular complexity index is 556. The molecule has 2 rings (SSSR count). The molecular formula is C21H38N4O3. The van der Waals surface area contributed by atoms with Crippen LogP contribution in [0, 0.1) is 11.8 Å². The van der Waals surface area contributed by atoms with E-state index >= 15 is 0 Å². The molecule has 4 atom stereocenters. The van der Waals surface area contributed by atoms with Gasteiger partial charge in [-0.1, -0.05) is 58.8 Å². The molecule has 1 aromatic rings. The summed E-state index contributed by atoms with van der Waals surface area (Å²) in [6.07, 6.45) is 9.83. The Morgan fingerprint density at radius 1 is 1.25 bits per heavy atom. The first-order valence-electron chi connectivity index (χ1n) is 10.9. The van der Waals surface area contributed by atoms with Gasteiger partial charge in [0.2, 0.25) is 5.91 Å². The molecule has 1 saturated carbocycles. The second kappa shape index (κ2) is 11.5. The molecule has 0 bridgehead atoms. The van der Waals surface area contributed by atoms with Crippen LogP contribution in [0.1, 0.15) is 70.9 Å². The molecule has 7 nitrogen and oxygen atoms in total. The normalized spacial score (nSPS) is 19.9. The number of nitrogens with one attached hydrogen (secondary N) is 2. The minimum atomic E-state index is -0.991. The number of hydrogen-bond acceptors (Lipinski definition) is 5. The summed E-state index contributed by atoms with van der Waals surface area (Å²) in [5.74, 6) is 0.178. The Kier molecular flexibility index (Phi) is 9.41. The maximum absolute atomic E-state index is 12.7. The van der Waals surface area contributed by atoms with Crippen molar-refractivity contribution >= 4 is 5.91 Å². The lowest BCUT2D eigenvalue weighted by Crippen LogP contribution is -2.55. The zero-order valence-corrected chi connectivity index (χ0v) is 17.3. The second-order valence-electron chi connectivity index (χ2n) is 8.30. The van der Waals surface area contributed by atoms with Gasteiger partial charge in [0.1, 0.15) is 6.10 Å². The van der Waals surface area contributed by atoms with Gasteiger partial charge in [-0.3, -0.25) is 4.79 Å². The number of rotatable bonds is 11. The monoisotopic (exact) mass is 394 g/mol. The molecule has 0 saturated heterocycles. The minimum Gasteiger partial charge on any atom is -0.390 e. The third-order valence-electron chi connectivity index (χ3n) is 6.27. The molecule has 0 aromatic carbocycles. The number of nitrogens with zero attached hydrogens (tertiary/aromatic N) is 1. The Balaban J connectivity index is 2.04.